The molecule has 4 nitrogen and oxygen atoms in total. The predicted octanol–water partition coefficient (Wildman–Crippen LogP) is 1.48. The van der Waals surface area contributed by atoms with Crippen LogP contribution in [0.3, 0.4) is 0 Å². The lowest BCUT2D eigenvalue weighted by Gasteiger charge is -2.08. The van der Waals surface area contributed by atoms with E-state index in [0.717, 1.165) is 0 Å². The quantitative estimate of drug-likeness (QED) is 0.797. The second-order valence-electron chi connectivity index (χ2n) is 2.38. The van der Waals surface area contributed by atoms with Gasteiger partial charge in [0.15, 0.2) is 5.69 Å². The van der Waals surface area contributed by atoms with Crippen molar-refractivity contribution in [2.75, 3.05) is 12.3 Å². The monoisotopic (exact) mass is 207 g/mol. The van der Waals surface area contributed by atoms with Gasteiger partial charge < -0.3 is 10.5 Å². The highest BCUT2D eigenvalue weighted by atomic mass is 19.4. The lowest BCUT2D eigenvalue weighted by Crippen LogP contribution is -2.11. The van der Waals surface area contributed by atoms with Gasteiger partial charge in [-0.3, -0.25) is 0 Å². The zero-order chi connectivity index (χ0) is 10.8. The van der Waals surface area contributed by atoms with Crippen molar-refractivity contribution in [3.63, 3.8) is 0 Å². The maximum absolute atomic E-state index is 12.2. The highest BCUT2D eigenvalue weighted by molar-refractivity contribution is 5.27. The Kier molecular flexibility index (Phi) is 2.78. The summed E-state index contributed by atoms with van der Waals surface area (Å²) in [6, 6.07) is 0.708. The summed E-state index contributed by atoms with van der Waals surface area (Å²) >= 11 is 0. The Hall–Kier alpha value is -1.53. The van der Waals surface area contributed by atoms with Crippen molar-refractivity contribution in [1.82, 2.24) is 9.97 Å². The minimum Gasteiger partial charge on any atom is -0.478 e. The lowest BCUT2D eigenvalue weighted by atomic mass is 10.4. The van der Waals surface area contributed by atoms with Crippen LogP contribution in [0.4, 0.5) is 19.1 Å². The maximum Gasteiger partial charge on any atom is 0.433 e. The first-order valence-corrected chi connectivity index (χ1v) is 3.78. The number of rotatable bonds is 2. The van der Waals surface area contributed by atoms with Crippen molar-refractivity contribution in [2.45, 2.75) is 13.1 Å². The van der Waals surface area contributed by atoms with Crippen molar-refractivity contribution in [3.05, 3.63) is 11.8 Å². The molecule has 7 heteroatoms. The Morgan fingerprint density at radius 1 is 1.43 bits per heavy atom. The first kappa shape index (κ1) is 10.6. The fraction of sp³-hybridized carbons (Fsp3) is 0.429. The molecule has 1 aromatic heterocycles. The van der Waals surface area contributed by atoms with Gasteiger partial charge in [-0.25, -0.2) is 4.98 Å². The normalized spacial score (nSPS) is 11.4. The van der Waals surface area contributed by atoms with Crippen molar-refractivity contribution >= 4 is 5.95 Å². The third-order valence-electron chi connectivity index (χ3n) is 1.30. The topological polar surface area (TPSA) is 61.0 Å². The number of aromatic nitrogens is 2. The van der Waals surface area contributed by atoms with Gasteiger partial charge in [-0.15, -0.1) is 0 Å². The molecule has 0 aliphatic heterocycles. The van der Waals surface area contributed by atoms with Gasteiger partial charge in [-0.05, 0) is 6.92 Å². The Morgan fingerprint density at radius 3 is 2.57 bits per heavy atom. The fourth-order valence-corrected chi connectivity index (χ4v) is 0.810. The Balaban J connectivity index is 3.07. The van der Waals surface area contributed by atoms with Gasteiger partial charge >= 0.3 is 6.18 Å². The number of hydrogen-bond donors (Lipinski definition) is 1. The van der Waals surface area contributed by atoms with Crippen LogP contribution in [0.25, 0.3) is 0 Å². The number of hydrogen-bond acceptors (Lipinski definition) is 4. The zero-order valence-corrected chi connectivity index (χ0v) is 7.30. The summed E-state index contributed by atoms with van der Waals surface area (Å²) in [5.41, 5.74) is 3.98. The van der Waals surface area contributed by atoms with Crippen molar-refractivity contribution in [2.24, 2.45) is 0 Å². The molecule has 0 unspecified atom stereocenters. The summed E-state index contributed by atoms with van der Waals surface area (Å²) in [6.07, 6.45) is -4.54. The van der Waals surface area contributed by atoms with Crippen LogP contribution in [-0.4, -0.2) is 16.6 Å². The van der Waals surface area contributed by atoms with Crippen LogP contribution in [0.15, 0.2) is 6.07 Å². The molecular formula is C7H8F3N3O. The highest BCUT2D eigenvalue weighted by Gasteiger charge is 2.33. The van der Waals surface area contributed by atoms with Crippen LogP contribution < -0.4 is 10.5 Å². The number of halogens is 3. The van der Waals surface area contributed by atoms with Crippen LogP contribution in [0, 0.1) is 0 Å². The third kappa shape index (κ3) is 2.48. The van der Waals surface area contributed by atoms with Crippen LogP contribution >= 0.6 is 0 Å². The maximum atomic E-state index is 12.2. The predicted molar refractivity (Wildman–Crippen MR) is 42.6 cm³/mol. The number of alkyl halides is 3. The van der Waals surface area contributed by atoms with E-state index in [2.05, 4.69) is 9.97 Å². The molecular weight excluding hydrogens is 199 g/mol. The summed E-state index contributed by atoms with van der Waals surface area (Å²) in [4.78, 5) is 6.53. The molecule has 0 spiro atoms. The molecule has 0 atom stereocenters. The van der Waals surface area contributed by atoms with Crippen molar-refractivity contribution in [1.29, 1.82) is 0 Å². The summed E-state index contributed by atoms with van der Waals surface area (Å²) in [6.45, 7) is 1.85. The van der Waals surface area contributed by atoms with Gasteiger partial charge in [0.2, 0.25) is 11.8 Å². The molecule has 1 rings (SSSR count). The SMILES string of the molecule is CCOc1cc(C(F)(F)F)nc(N)n1. The van der Waals surface area contributed by atoms with E-state index < -0.39 is 17.8 Å². The first-order valence-electron chi connectivity index (χ1n) is 3.78. The van der Waals surface area contributed by atoms with E-state index in [1.54, 1.807) is 6.92 Å². The molecule has 0 bridgehead atoms. The average molecular weight is 207 g/mol. The minimum absolute atomic E-state index is 0.174. The van der Waals surface area contributed by atoms with Gasteiger partial charge in [-0.2, -0.15) is 18.2 Å². The van der Waals surface area contributed by atoms with Gasteiger partial charge in [0.25, 0.3) is 0 Å². The molecule has 1 aromatic rings. The molecule has 0 saturated carbocycles. The Bertz CT molecular complexity index is 326. The van der Waals surface area contributed by atoms with Crippen LogP contribution in [-0.2, 0) is 6.18 Å². The van der Waals surface area contributed by atoms with Crippen molar-refractivity contribution < 1.29 is 17.9 Å². The summed E-state index contributed by atoms with van der Waals surface area (Å²) in [7, 11) is 0. The fourth-order valence-electron chi connectivity index (χ4n) is 0.810. The summed E-state index contributed by atoms with van der Waals surface area (Å²) in [5.74, 6) is -0.629. The Morgan fingerprint density at radius 2 is 2.07 bits per heavy atom. The van der Waals surface area contributed by atoms with E-state index in [1.807, 2.05) is 0 Å². The summed E-state index contributed by atoms with van der Waals surface area (Å²) in [5, 5.41) is 0. The highest BCUT2D eigenvalue weighted by Crippen LogP contribution is 2.29. The molecule has 0 aliphatic rings. The van der Waals surface area contributed by atoms with Crippen molar-refractivity contribution in [3.8, 4) is 5.88 Å². The minimum atomic E-state index is -4.54. The molecule has 0 amide bonds. The lowest BCUT2D eigenvalue weighted by molar-refractivity contribution is -0.141. The van der Waals surface area contributed by atoms with Gasteiger partial charge in [-0.1, -0.05) is 0 Å². The zero-order valence-electron chi connectivity index (χ0n) is 7.30. The van der Waals surface area contributed by atoms with Crippen LogP contribution in [0.2, 0.25) is 0 Å². The largest absolute Gasteiger partial charge is 0.478 e. The molecule has 0 radical (unpaired) electrons. The standard InChI is InChI=1S/C7H8F3N3O/c1-2-14-5-3-4(7(8,9)10)12-6(11)13-5/h3H,2H2,1H3,(H2,11,12,13). The van der Waals surface area contributed by atoms with E-state index in [-0.39, 0.29) is 12.5 Å². The van der Waals surface area contributed by atoms with E-state index in [0.29, 0.717) is 6.07 Å². The second-order valence-corrected chi connectivity index (χ2v) is 2.38. The molecule has 1 heterocycles. The third-order valence-corrected chi connectivity index (χ3v) is 1.30. The van der Waals surface area contributed by atoms with Crippen LogP contribution in [0.5, 0.6) is 5.88 Å². The number of anilines is 1. The molecule has 14 heavy (non-hydrogen) atoms. The molecule has 78 valence electrons. The van der Waals surface area contributed by atoms with E-state index >= 15 is 0 Å². The first-order chi connectivity index (χ1) is 6.43. The molecule has 0 aromatic carbocycles. The average Bonchev–Trinajstić information content (AvgIpc) is 2.02. The van der Waals surface area contributed by atoms with E-state index in [4.69, 9.17) is 10.5 Å². The number of nitrogens with zero attached hydrogens (tertiary/aromatic N) is 2. The van der Waals surface area contributed by atoms with Gasteiger partial charge in [0.1, 0.15) is 0 Å². The smallest absolute Gasteiger partial charge is 0.433 e. The molecule has 2 N–H and O–H groups in total. The number of nitrogens with two attached hydrogens (primary N) is 1. The molecule has 0 fully saturated rings. The molecule has 0 saturated heterocycles. The van der Waals surface area contributed by atoms with E-state index in [1.165, 1.54) is 0 Å². The van der Waals surface area contributed by atoms with Crippen LogP contribution in [0.1, 0.15) is 12.6 Å². The van der Waals surface area contributed by atoms with E-state index in [9.17, 15) is 13.2 Å². The van der Waals surface area contributed by atoms with Gasteiger partial charge in [0.05, 0.1) is 6.61 Å². The number of ether oxygens (including phenoxy) is 1. The number of nitrogen functional groups attached to an aromatic ring is 1. The van der Waals surface area contributed by atoms with Gasteiger partial charge in [0, 0.05) is 6.07 Å². The molecule has 0 aliphatic carbocycles. The second kappa shape index (κ2) is 3.69. The summed E-state index contributed by atoms with van der Waals surface area (Å²) < 4.78 is 41.4. The Labute approximate surface area is 77.9 Å².